The molecule has 0 saturated heterocycles. The third-order valence-corrected chi connectivity index (χ3v) is 4.14. The van der Waals surface area contributed by atoms with Gasteiger partial charge in [-0.1, -0.05) is 6.92 Å². The first kappa shape index (κ1) is 16.9. The van der Waals surface area contributed by atoms with Gasteiger partial charge >= 0.3 is 0 Å². The van der Waals surface area contributed by atoms with Crippen molar-refractivity contribution in [3.8, 4) is 11.4 Å². The molecule has 0 aliphatic heterocycles. The fourth-order valence-electron chi connectivity index (χ4n) is 2.85. The maximum Gasteiger partial charge on any atom is 0.202 e. The molecule has 25 heavy (non-hydrogen) atoms. The summed E-state index contributed by atoms with van der Waals surface area (Å²) in [7, 11) is 0. The lowest BCUT2D eigenvalue weighted by Gasteiger charge is -2.08. The maximum atomic E-state index is 12.5. The van der Waals surface area contributed by atoms with Crippen molar-refractivity contribution in [1.82, 2.24) is 24.8 Å². The molecule has 0 N–H and O–H groups in total. The molecular formula is C18H21N5O2. The van der Waals surface area contributed by atoms with Crippen molar-refractivity contribution in [2.24, 2.45) is 0 Å². The number of ketones is 1. The Morgan fingerprint density at radius 2 is 1.96 bits per heavy atom. The lowest BCUT2D eigenvalue weighted by molar-refractivity contribution is 0.0921. The average molecular weight is 339 g/mol. The molecule has 0 unspecified atom stereocenters. The number of benzene rings is 1. The minimum Gasteiger partial charge on any atom is -0.485 e. The number of carbonyl (C=O) groups is 1. The monoisotopic (exact) mass is 339 g/mol. The summed E-state index contributed by atoms with van der Waals surface area (Å²) in [5, 5.41) is 11.0. The number of Topliss-reactive ketones (excluding diaryl/α,β-unsaturated/α-hetero) is 1. The molecule has 7 heteroatoms. The van der Waals surface area contributed by atoms with E-state index in [1.807, 2.05) is 32.0 Å². The van der Waals surface area contributed by atoms with Gasteiger partial charge in [0.05, 0.1) is 5.69 Å². The molecule has 1 aromatic carbocycles. The Bertz CT molecular complexity index is 850. The Hall–Kier alpha value is -2.96. The van der Waals surface area contributed by atoms with Gasteiger partial charge in [0.2, 0.25) is 5.78 Å². The van der Waals surface area contributed by atoms with E-state index in [9.17, 15) is 4.79 Å². The van der Waals surface area contributed by atoms with E-state index in [1.165, 1.54) is 6.33 Å². The second-order valence-corrected chi connectivity index (χ2v) is 5.90. The highest BCUT2D eigenvalue weighted by Crippen LogP contribution is 2.18. The van der Waals surface area contributed by atoms with Crippen LogP contribution in [0.5, 0.6) is 5.75 Å². The second-order valence-electron chi connectivity index (χ2n) is 5.90. The molecule has 0 saturated carbocycles. The smallest absolute Gasteiger partial charge is 0.202 e. The highest BCUT2D eigenvalue weighted by Gasteiger charge is 2.16. The van der Waals surface area contributed by atoms with Gasteiger partial charge in [-0.25, -0.2) is 4.68 Å². The first-order valence-electron chi connectivity index (χ1n) is 8.26. The van der Waals surface area contributed by atoms with Gasteiger partial charge in [-0.15, -0.1) is 5.10 Å². The molecule has 2 heterocycles. The molecule has 130 valence electrons. The van der Waals surface area contributed by atoms with E-state index in [0.717, 1.165) is 35.6 Å². The minimum atomic E-state index is -0.0139. The molecule has 0 fully saturated rings. The molecule has 0 spiro atoms. The predicted molar refractivity (Wildman–Crippen MR) is 93.2 cm³/mol. The van der Waals surface area contributed by atoms with Crippen LogP contribution in [0.1, 0.15) is 35.1 Å². The van der Waals surface area contributed by atoms with Crippen molar-refractivity contribution in [1.29, 1.82) is 0 Å². The van der Waals surface area contributed by atoms with Crippen LogP contribution in [0.4, 0.5) is 0 Å². The summed E-state index contributed by atoms with van der Waals surface area (Å²) >= 11 is 0. The van der Waals surface area contributed by atoms with Crippen LogP contribution in [0.2, 0.25) is 0 Å². The summed E-state index contributed by atoms with van der Waals surface area (Å²) in [6.07, 6.45) is 2.56. The van der Waals surface area contributed by atoms with Crippen molar-refractivity contribution < 1.29 is 9.53 Å². The van der Waals surface area contributed by atoms with Crippen LogP contribution in [0.15, 0.2) is 36.7 Å². The number of carbonyl (C=O) groups excluding carboxylic acids is 1. The van der Waals surface area contributed by atoms with Gasteiger partial charge in [-0.2, -0.15) is 0 Å². The van der Waals surface area contributed by atoms with Gasteiger partial charge < -0.3 is 9.30 Å². The SMILES string of the molecule is CCCn1c(C)cc(C(=O)COc2ccc(-n3cnnn3)cc2)c1C. The number of nitrogens with zero attached hydrogens (tertiary/aromatic N) is 5. The third kappa shape index (κ3) is 3.60. The summed E-state index contributed by atoms with van der Waals surface area (Å²) in [5.74, 6) is 0.618. The molecule has 0 aliphatic rings. The Labute approximate surface area is 146 Å². The Morgan fingerprint density at radius 1 is 1.20 bits per heavy atom. The van der Waals surface area contributed by atoms with Crippen LogP contribution in [0.25, 0.3) is 5.69 Å². The van der Waals surface area contributed by atoms with Crippen molar-refractivity contribution in [2.45, 2.75) is 33.7 Å². The van der Waals surface area contributed by atoms with E-state index in [1.54, 1.807) is 16.8 Å². The lowest BCUT2D eigenvalue weighted by Crippen LogP contribution is -2.13. The zero-order valence-electron chi connectivity index (χ0n) is 14.6. The summed E-state index contributed by atoms with van der Waals surface area (Å²) in [5.41, 5.74) is 3.67. The zero-order valence-corrected chi connectivity index (χ0v) is 14.6. The van der Waals surface area contributed by atoms with Crippen LogP contribution in [-0.2, 0) is 6.54 Å². The van der Waals surface area contributed by atoms with E-state index >= 15 is 0 Å². The van der Waals surface area contributed by atoms with Crippen molar-refractivity contribution in [2.75, 3.05) is 6.61 Å². The minimum absolute atomic E-state index is 0.0139. The molecule has 0 atom stereocenters. The number of tetrazole rings is 1. The third-order valence-electron chi connectivity index (χ3n) is 4.14. The highest BCUT2D eigenvalue weighted by molar-refractivity contribution is 5.98. The topological polar surface area (TPSA) is 74.8 Å². The summed E-state index contributed by atoms with van der Waals surface area (Å²) in [6.45, 7) is 7.07. The normalized spacial score (nSPS) is 10.8. The number of aryl methyl sites for hydroxylation is 1. The summed E-state index contributed by atoms with van der Waals surface area (Å²) in [6, 6.07) is 9.21. The highest BCUT2D eigenvalue weighted by atomic mass is 16.5. The van der Waals surface area contributed by atoms with E-state index in [2.05, 4.69) is 27.0 Å². The summed E-state index contributed by atoms with van der Waals surface area (Å²) < 4.78 is 9.37. The number of rotatable bonds is 7. The number of aromatic nitrogens is 5. The standard InChI is InChI=1S/C18H21N5O2/c1-4-9-22-13(2)10-17(14(22)3)18(24)11-25-16-7-5-15(6-8-16)23-12-19-20-21-23/h5-8,10,12H,4,9,11H2,1-3H3. The number of ether oxygens (including phenoxy) is 1. The van der Waals surface area contributed by atoms with Gasteiger partial charge in [0, 0.05) is 23.5 Å². The molecule has 0 aliphatic carbocycles. The van der Waals surface area contributed by atoms with Gasteiger partial charge in [-0.05, 0) is 61.0 Å². The summed E-state index contributed by atoms with van der Waals surface area (Å²) in [4.78, 5) is 12.5. The molecule has 3 rings (SSSR count). The van der Waals surface area contributed by atoms with Crippen LogP contribution >= 0.6 is 0 Å². The van der Waals surface area contributed by atoms with Crippen LogP contribution < -0.4 is 4.74 Å². The van der Waals surface area contributed by atoms with Gasteiger partial charge in [0.25, 0.3) is 0 Å². The van der Waals surface area contributed by atoms with Gasteiger partial charge in [0.1, 0.15) is 12.1 Å². The largest absolute Gasteiger partial charge is 0.485 e. The maximum absolute atomic E-state index is 12.5. The lowest BCUT2D eigenvalue weighted by atomic mass is 10.1. The molecule has 2 aromatic heterocycles. The Balaban J connectivity index is 1.65. The molecule has 0 radical (unpaired) electrons. The van der Waals surface area contributed by atoms with Gasteiger partial charge in [0.15, 0.2) is 6.61 Å². The van der Waals surface area contributed by atoms with E-state index in [-0.39, 0.29) is 12.4 Å². The van der Waals surface area contributed by atoms with Crippen molar-refractivity contribution in [3.63, 3.8) is 0 Å². The predicted octanol–water partition coefficient (Wildman–Crippen LogP) is 2.75. The second kappa shape index (κ2) is 7.29. The zero-order chi connectivity index (χ0) is 17.8. The van der Waals surface area contributed by atoms with Crippen LogP contribution in [-0.4, -0.2) is 37.2 Å². The van der Waals surface area contributed by atoms with Crippen molar-refractivity contribution >= 4 is 5.78 Å². The number of hydrogen-bond donors (Lipinski definition) is 0. The number of hydrogen-bond acceptors (Lipinski definition) is 5. The van der Waals surface area contributed by atoms with Crippen LogP contribution in [0.3, 0.4) is 0 Å². The van der Waals surface area contributed by atoms with Gasteiger partial charge in [-0.3, -0.25) is 4.79 Å². The van der Waals surface area contributed by atoms with Crippen molar-refractivity contribution in [3.05, 3.63) is 53.6 Å². The Morgan fingerprint density at radius 3 is 2.60 bits per heavy atom. The average Bonchev–Trinajstić information content (AvgIpc) is 3.24. The molecule has 7 nitrogen and oxygen atoms in total. The van der Waals surface area contributed by atoms with E-state index < -0.39 is 0 Å². The fraction of sp³-hybridized carbons (Fsp3) is 0.333. The quantitative estimate of drug-likeness (QED) is 0.619. The van der Waals surface area contributed by atoms with E-state index in [4.69, 9.17) is 4.74 Å². The first-order valence-corrected chi connectivity index (χ1v) is 8.26. The van der Waals surface area contributed by atoms with Crippen LogP contribution in [0, 0.1) is 13.8 Å². The Kier molecular flexibility index (Phi) is 4.92. The fourth-order valence-corrected chi connectivity index (χ4v) is 2.85. The molecule has 0 amide bonds. The molecule has 3 aromatic rings. The molecular weight excluding hydrogens is 318 g/mol. The van der Waals surface area contributed by atoms with E-state index in [0.29, 0.717) is 5.75 Å². The molecule has 0 bridgehead atoms. The first-order chi connectivity index (χ1) is 12.1.